The highest BCUT2D eigenvalue weighted by atomic mass is 16.4. The van der Waals surface area contributed by atoms with Crippen LogP contribution >= 0.6 is 0 Å². The van der Waals surface area contributed by atoms with Crippen LogP contribution in [0, 0.1) is 0 Å². The number of aromatic carboxylic acids is 1. The van der Waals surface area contributed by atoms with E-state index in [-0.39, 0.29) is 11.0 Å². The van der Waals surface area contributed by atoms with Crippen LogP contribution < -0.4 is 4.90 Å². The van der Waals surface area contributed by atoms with Crippen molar-refractivity contribution in [2.75, 3.05) is 4.90 Å². The van der Waals surface area contributed by atoms with Crippen LogP contribution in [0.5, 0.6) is 0 Å². The number of para-hydroxylation sites is 1. The minimum atomic E-state index is -0.918. The molecule has 0 fully saturated rings. The van der Waals surface area contributed by atoms with Crippen molar-refractivity contribution in [3.63, 3.8) is 0 Å². The van der Waals surface area contributed by atoms with Gasteiger partial charge < -0.3 is 10.0 Å². The number of hydrogen-bond acceptors (Lipinski definition) is 2. The number of rotatable bonds is 6. The molecule has 0 bridgehead atoms. The SMILES string of the molecule is CCC1(CC)c2ccccc2-c2ccc(N(c3ccccc3)c3ccc(C(=O)O)cc3)cc21. The molecule has 0 aliphatic heterocycles. The fraction of sp³-hybridized carbons (Fsp3) is 0.167. The van der Waals surface area contributed by atoms with Gasteiger partial charge in [-0.15, -0.1) is 0 Å². The largest absolute Gasteiger partial charge is 0.478 e. The first-order valence-corrected chi connectivity index (χ1v) is 11.5. The van der Waals surface area contributed by atoms with E-state index in [1.165, 1.54) is 22.3 Å². The van der Waals surface area contributed by atoms with Crippen LogP contribution in [0.25, 0.3) is 11.1 Å². The molecule has 1 aliphatic carbocycles. The molecule has 0 atom stereocenters. The number of carboxylic acid groups (broad SMARTS) is 1. The molecule has 0 spiro atoms. The summed E-state index contributed by atoms with van der Waals surface area (Å²) in [7, 11) is 0. The minimum Gasteiger partial charge on any atom is -0.478 e. The van der Waals surface area contributed by atoms with Crippen LogP contribution in [0.2, 0.25) is 0 Å². The maximum atomic E-state index is 11.4. The van der Waals surface area contributed by atoms with Gasteiger partial charge in [0.15, 0.2) is 0 Å². The topological polar surface area (TPSA) is 40.5 Å². The zero-order valence-corrected chi connectivity index (χ0v) is 19.0. The summed E-state index contributed by atoms with van der Waals surface area (Å²) in [5.74, 6) is -0.918. The van der Waals surface area contributed by atoms with E-state index >= 15 is 0 Å². The lowest BCUT2D eigenvalue weighted by Gasteiger charge is -2.31. The van der Waals surface area contributed by atoms with Gasteiger partial charge in [0, 0.05) is 22.5 Å². The van der Waals surface area contributed by atoms with Gasteiger partial charge in [0.2, 0.25) is 0 Å². The van der Waals surface area contributed by atoms with Crippen LogP contribution in [-0.4, -0.2) is 11.1 Å². The van der Waals surface area contributed by atoms with E-state index in [9.17, 15) is 9.90 Å². The second-order valence-electron chi connectivity index (χ2n) is 8.59. The van der Waals surface area contributed by atoms with Crippen LogP contribution in [0.4, 0.5) is 17.1 Å². The van der Waals surface area contributed by atoms with Gasteiger partial charge in [-0.2, -0.15) is 0 Å². The van der Waals surface area contributed by atoms with E-state index in [2.05, 4.69) is 73.3 Å². The normalized spacial score (nSPS) is 13.3. The fourth-order valence-corrected chi connectivity index (χ4v) is 5.37. The van der Waals surface area contributed by atoms with Crippen molar-refractivity contribution in [3.8, 4) is 11.1 Å². The highest BCUT2D eigenvalue weighted by molar-refractivity contribution is 5.89. The van der Waals surface area contributed by atoms with Gasteiger partial charge in [-0.1, -0.05) is 62.4 Å². The van der Waals surface area contributed by atoms with Crippen molar-refractivity contribution in [1.29, 1.82) is 0 Å². The molecule has 0 heterocycles. The highest BCUT2D eigenvalue weighted by Crippen LogP contribution is 2.54. The van der Waals surface area contributed by atoms with Gasteiger partial charge in [0.25, 0.3) is 0 Å². The predicted octanol–water partition coefficient (Wildman–Crippen LogP) is 7.94. The standard InChI is InChI=1S/C30H27NO2/c1-3-30(4-2)27-13-9-8-12-25(27)26-19-18-24(20-28(26)30)31(22-10-6-5-7-11-22)23-16-14-21(15-17-23)29(32)33/h5-20H,3-4H2,1-2H3,(H,32,33). The summed E-state index contributed by atoms with van der Waals surface area (Å²) in [6.07, 6.45) is 2.07. The zero-order valence-electron chi connectivity index (χ0n) is 19.0. The van der Waals surface area contributed by atoms with Gasteiger partial charge in [-0.05, 0) is 83.6 Å². The zero-order chi connectivity index (χ0) is 23.0. The molecule has 3 heteroatoms. The Hall–Kier alpha value is -3.85. The van der Waals surface area contributed by atoms with Gasteiger partial charge >= 0.3 is 5.97 Å². The molecule has 0 amide bonds. The minimum absolute atomic E-state index is 0.00252. The summed E-state index contributed by atoms with van der Waals surface area (Å²) >= 11 is 0. The molecule has 4 aromatic rings. The number of carboxylic acids is 1. The van der Waals surface area contributed by atoms with Gasteiger partial charge in [0.05, 0.1) is 5.56 Å². The van der Waals surface area contributed by atoms with Crippen LogP contribution in [0.15, 0.2) is 97.1 Å². The van der Waals surface area contributed by atoms with Crippen molar-refractivity contribution >= 4 is 23.0 Å². The Bertz CT molecular complexity index is 1300. The average Bonchev–Trinajstić information content (AvgIpc) is 3.15. The highest BCUT2D eigenvalue weighted by Gasteiger charge is 2.40. The molecule has 33 heavy (non-hydrogen) atoms. The van der Waals surface area contributed by atoms with E-state index < -0.39 is 5.97 Å². The quantitative estimate of drug-likeness (QED) is 0.335. The van der Waals surface area contributed by atoms with E-state index in [0.717, 1.165) is 29.9 Å². The monoisotopic (exact) mass is 433 g/mol. The van der Waals surface area contributed by atoms with Crippen molar-refractivity contribution in [2.24, 2.45) is 0 Å². The summed E-state index contributed by atoms with van der Waals surface area (Å²) in [5.41, 5.74) is 8.75. The smallest absolute Gasteiger partial charge is 0.335 e. The third-order valence-corrected chi connectivity index (χ3v) is 7.10. The number of carbonyl (C=O) groups is 1. The molecular weight excluding hydrogens is 406 g/mol. The second-order valence-corrected chi connectivity index (χ2v) is 8.59. The summed E-state index contributed by atoms with van der Waals surface area (Å²) in [5, 5.41) is 9.34. The van der Waals surface area contributed by atoms with E-state index in [1.54, 1.807) is 12.1 Å². The molecule has 0 saturated heterocycles. The number of hydrogen-bond donors (Lipinski definition) is 1. The molecule has 4 aromatic carbocycles. The Morgan fingerprint density at radius 2 is 1.27 bits per heavy atom. The van der Waals surface area contributed by atoms with Gasteiger partial charge in [0.1, 0.15) is 0 Å². The molecule has 0 saturated carbocycles. The lowest BCUT2D eigenvalue weighted by molar-refractivity contribution is 0.0697. The second kappa shape index (κ2) is 8.25. The van der Waals surface area contributed by atoms with Crippen LogP contribution in [0.3, 0.4) is 0 Å². The fourth-order valence-electron chi connectivity index (χ4n) is 5.37. The maximum absolute atomic E-state index is 11.4. The Labute approximate surface area is 195 Å². The lowest BCUT2D eigenvalue weighted by Crippen LogP contribution is -2.23. The maximum Gasteiger partial charge on any atom is 0.335 e. The lowest BCUT2D eigenvalue weighted by atomic mass is 9.74. The summed E-state index contributed by atoms with van der Waals surface area (Å²) < 4.78 is 0. The van der Waals surface area contributed by atoms with E-state index in [4.69, 9.17) is 0 Å². The van der Waals surface area contributed by atoms with E-state index in [0.29, 0.717) is 0 Å². The molecule has 1 N–H and O–H groups in total. The third-order valence-electron chi connectivity index (χ3n) is 7.10. The Morgan fingerprint density at radius 1 is 0.697 bits per heavy atom. The van der Waals surface area contributed by atoms with Crippen molar-refractivity contribution in [1.82, 2.24) is 0 Å². The molecule has 0 radical (unpaired) electrons. The molecule has 164 valence electrons. The van der Waals surface area contributed by atoms with Crippen LogP contribution in [0.1, 0.15) is 48.2 Å². The third kappa shape index (κ3) is 3.32. The van der Waals surface area contributed by atoms with E-state index in [1.807, 2.05) is 30.3 Å². The average molecular weight is 434 g/mol. The number of anilines is 3. The summed E-state index contributed by atoms with van der Waals surface area (Å²) in [4.78, 5) is 13.6. The Kier molecular flexibility index (Phi) is 5.26. The predicted molar refractivity (Wildman–Crippen MR) is 135 cm³/mol. The molecule has 0 aromatic heterocycles. The Balaban J connectivity index is 1.70. The van der Waals surface area contributed by atoms with Gasteiger partial charge in [-0.3, -0.25) is 0 Å². The molecule has 1 aliphatic rings. The molecule has 5 rings (SSSR count). The molecule has 3 nitrogen and oxygen atoms in total. The number of benzene rings is 4. The summed E-state index contributed by atoms with van der Waals surface area (Å²) in [6.45, 7) is 4.56. The first-order chi connectivity index (χ1) is 16.1. The van der Waals surface area contributed by atoms with Crippen molar-refractivity contribution < 1.29 is 9.90 Å². The van der Waals surface area contributed by atoms with Crippen molar-refractivity contribution in [2.45, 2.75) is 32.1 Å². The first-order valence-electron chi connectivity index (χ1n) is 11.5. The first kappa shape index (κ1) is 21.0. The van der Waals surface area contributed by atoms with Crippen molar-refractivity contribution in [3.05, 3.63) is 114 Å². The summed E-state index contributed by atoms with van der Waals surface area (Å²) in [6, 6.07) is 32.9. The number of fused-ring (bicyclic) bond motifs is 3. The molecule has 0 unspecified atom stereocenters. The number of nitrogens with zero attached hydrogens (tertiary/aromatic N) is 1. The van der Waals surface area contributed by atoms with Crippen LogP contribution in [-0.2, 0) is 5.41 Å². The Morgan fingerprint density at radius 3 is 1.94 bits per heavy atom. The van der Waals surface area contributed by atoms with Gasteiger partial charge in [-0.25, -0.2) is 4.79 Å². The molecular formula is C30H27NO2.